The standard InChI is InChI=1S/C71H72N4O10/c1-42(76)25-30-74-60-22-21-55-67-58(60)41-75(62(67)38-70(69(55)82)26-4-5-27-70)61(46-32-63(81)68(64(33-46)83-3)85-52-18-10-17-50(79)35-52)37-51(80)36-53(84-43(2)77)23-28-71-47-12-7-13-48(71)15-9-20-59(71)57-40-72-39-56(57)54(19-8-14-47)66(44-11-6-16-49(78)31-44)45-24-29-73-65(74)34-45/h6-7,9-13,16-18,20-22,24,31-35,39-41,48,53-54,59,61,66,69,72-73,78-79,81-82H,4-5,14-15,23,25-30,36-38H2,1-3H3. The van der Waals surface area contributed by atoms with E-state index in [2.05, 4.69) is 105 Å². The monoisotopic (exact) mass is 1140 g/mol. The fourth-order valence-corrected chi connectivity index (χ4v) is 15.7. The lowest BCUT2D eigenvalue weighted by Gasteiger charge is -2.50. The topological polar surface area (TPSA) is 196 Å². The molecule has 8 atom stereocenters. The van der Waals surface area contributed by atoms with Gasteiger partial charge in [0, 0.05) is 109 Å². The summed E-state index contributed by atoms with van der Waals surface area (Å²) >= 11 is 0. The second kappa shape index (κ2) is 22.4. The Balaban J connectivity index is 1.06. The van der Waals surface area contributed by atoms with Gasteiger partial charge < -0.3 is 54.4 Å². The summed E-state index contributed by atoms with van der Waals surface area (Å²) in [6.45, 7) is 3.74. The number of H-pyrrole nitrogens is 1. The van der Waals surface area contributed by atoms with Crippen LogP contribution < -0.4 is 19.7 Å². The van der Waals surface area contributed by atoms with Crippen LogP contribution in [0.15, 0.2) is 151 Å². The van der Waals surface area contributed by atoms with Crippen LogP contribution in [0.4, 0.5) is 5.69 Å². The van der Waals surface area contributed by atoms with Crippen LogP contribution in [-0.4, -0.2) is 73.8 Å². The van der Waals surface area contributed by atoms with Crippen molar-refractivity contribution >= 4 is 34.0 Å². The number of anilines is 1. The predicted molar refractivity (Wildman–Crippen MR) is 325 cm³/mol. The van der Waals surface area contributed by atoms with Crippen molar-refractivity contribution in [2.24, 2.45) is 16.7 Å². The van der Waals surface area contributed by atoms with Crippen LogP contribution in [0.25, 0.3) is 10.8 Å². The number of phenolic OH excluding ortho intramolecular Hbond substituents is 3. The van der Waals surface area contributed by atoms with Gasteiger partial charge in [0.15, 0.2) is 11.5 Å². The highest BCUT2D eigenvalue weighted by molar-refractivity contribution is 6.00. The Hall–Kier alpha value is -8.67. The Morgan fingerprint density at radius 1 is 0.894 bits per heavy atom. The van der Waals surface area contributed by atoms with Crippen LogP contribution in [0.1, 0.15) is 148 Å². The second-order valence-corrected chi connectivity index (χ2v) is 24.5. The Morgan fingerprint density at radius 2 is 1.71 bits per heavy atom. The van der Waals surface area contributed by atoms with Gasteiger partial charge in [-0.3, -0.25) is 14.4 Å². The minimum atomic E-state index is -0.794. The molecule has 0 radical (unpaired) electrons. The van der Waals surface area contributed by atoms with Gasteiger partial charge in [0.2, 0.25) is 5.75 Å². The molecule has 13 rings (SSSR count). The number of nitrogens with zero attached hydrogens (tertiary/aromatic N) is 2. The Bertz CT molecular complexity index is 3890. The van der Waals surface area contributed by atoms with Crippen molar-refractivity contribution in [2.75, 3.05) is 25.1 Å². The summed E-state index contributed by atoms with van der Waals surface area (Å²) in [5.41, 5.74) is 7.27. The number of ketones is 2. The maximum absolute atomic E-state index is 15.6. The minimum absolute atomic E-state index is 0.0115. The van der Waals surface area contributed by atoms with E-state index in [4.69, 9.17) is 14.2 Å². The van der Waals surface area contributed by atoms with Gasteiger partial charge >= 0.3 is 5.97 Å². The first-order valence-corrected chi connectivity index (χ1v) is 30.0. The zero-order chi connectivity index (χ0) is 58.7. The molecule has 1 saturated carbocycles. The summed E-state index contributed by atoms with van der Waals surface area (Å²) in [6, 6.07) is 20.4. The molecule has 2 aromatic heterocycles. The number of fused-ring (bicyclic) bond motifs is 3. The van der Waals surface area contributed by atoms with Crippen molar-refractivity contribution in [3.63, 3.8) is 0 Å². The number of aliphatic hydroxyl groups is 1. The number of aromatic hydroxyl groups is 3. The molecule has 1 fully saturated rings. The molecule has 4 heterocycles. The van der Waals surface area contributed by atoms with Crippen molar-refractivity contribution in [2.45, 2.75) is 127 Å². The van der Waals surface area contributed by atoms with E-state index >= 15 is 4.79 Å². The molecule has 14 heteroatoms. The molecule has 0 amide bonds. The Labute approximate surface area is 495 Å². The van der Waals surface area contributed by atoms with E-state index in [1.807, 2.05) is 18.2 Å². The number of aliphatic hydroxyl groups excluding tert-OH is 1. The Kier molecular flexibility index (Phi) is 14.6. The molecule has 14 nitrogen and oxygen atoms in total. The molecule has 4 aromatic carbocycles. The zero-order valence-electron chi connectivity index (χ0n) is 48.3. The Morgan fingerprint density at radius 3 is 2.49 bits per heavy atom. The smallest absolute Gasteiger partial charge is 0.302 e. The lowest BCUT2D eigenvalue weighted by Crippen LogP contribution is -2.41. The maximum atomic E-state index is 15.6. The number of methoxy groups -OCH3 is 1. The van der Waals surface area contributed by atoms with Gasteiger partial charge in [0.05, 0.1) is 30.9 Å². The van der Waals surface area contributed by atoms with Gasteiger partial charge in [-0.2, -0.15) is 0 Å². The summed E-state index contributed by atoms with van der Waals surface area (Å²) < 4.78 is 20.7. The van der Waals surface area contributed by atoms with Gasteiger partial charge in [0.1, 0.15) is 40.7 Å². The zero-order valence-corrected chi connectivity index (χ0v) is 48.3. The van der Waals surface area contributed by atoms with E-state index < -0.39 is 41.0 Å². The quantitative estimate of drug-likeness (QED) is 0.0456. The first kappa shape index (κ1) is 55.5. The number of aromatic nitrogens is 2. The molecular formula is C71H72N4O10. The number of nitrogens with one attached hydrogen (secondary N) is 2. The highest BCUT2D eigenvalue weighted by atomic mass is 16.5. The fourth-order valence-electron chi connectivity index (χ4n) is 15.7. The van der Waals surface area contributed by atoms with E-state index in [1.165, 1.54) is 31.7 Å². The first-order chi connectivity index (χ1) is 41.2. The van der Waals surface area contributed by atoms with E-state index in [1.54, 1.807) is 37.3 Å². The number of benzene rings is 4. The van der Waals surface area contributed by atoms with Crippen molar-refractivity contribution in [3.8, 4) is 46.3 Å². The number of Topliss-reactive ketones (excluding diaryl/α,β-unsaturated/α-hetero) is 2. The number of dihydropyridines is 1. The molecule has 6 aromatic rings. The SMILES string of the molecule is COc1cc(C2CC(=O)CC(OC(C)=O)CCC34C5=CC=CC3CC=CC4c3c[nH]cc3C(C#CC5)C(c3cccc(O)c3)C3=CCNC(=C3)N(CCC(C)=O)c3ccc4c5c(n2cc35)CC2(CCCC2)C4O)cc(O)c1Oc1cccc(O)c1. The molecule has 2 aliphatic heterocycles. The normalized spacial score (nSPS) is 25.6. The van der Waals surface area contributed by atoms with E-state index in [9.17, 15) is 30.0 Å². The molecule has 0 saturated heterocycles. The fraction of sp³-hybridized carbons (Fsp3) is 0.366. The lowest BCUT2D eigenvalue weighted by atomic mass is 9.53. The number of allylic oxidation sites excluding steroid dienone is 8. The number of ether oxygens (including phenoxy) is 3. The number of carbonyl (C=O) groups is 3. The van der Waals surface area contributed by atoms with Crippen LogP contribution in [0.5, 0.6) is 34.5 Å². The third-order valence-corrected chi connectivity index (χ3v) is 19.5. The van der Waals surface area contributed by atoms with Gasteiger partial charge in [-0.15, -0.1) is 0 Å². The average Bonchev–Trinajstić information content (AvgIpc) is 1.82. The average molecular weight is 1140 g/mol. The molecule has 85 heavy (non-hydrogen) atoms. The van der Waals surface area contributed by atoms with E-state index in [-0.39, 0.29) is 83.1 Å². The van der Waals surface area contributed by atoms with Crippen molar-refractivity contribution < 1.29 is 49.0 Å². The minimum Gasteiger partial charge on any atom is -0.508 e. The molecule has 6 bridgehead atoms. The van der Waals surface area contributed by atoms with Gasteiger partial charge in [-0.05, 0) is 133 Å². The van der Waals surface area contributed by atoms with Crippen molar-refractivity contribution in [1.29, 1.82) is 0 Å². The molecule has 8 unspecified atom stereocenters. The van der Waals surface area contributed by atoms with Crippen molar-refractivity contribution in [1.82, 2.24) is 14.9 Å². The number of esters is 1. The number of rotatable bonds is 9. The molecule has 436 valence electrons. The van der Waals surface area contributed by atoms with E-state index in [0.717, 1.165) is 87.9 Å². The lowest BCUT2D eigenvalue weighted by molar-refractivity contribution is -0.148. The highest BCUT2D eigenvalue weighted by Gasteiger charge is 2.51. The van der Waals surface area contributed by atoms with Crippen LogP contribution in [-0.2, 0) is 25.5 Å². The molecular weight excluding hydrogens is 1070 g/mol. The second-order valence-electron chi connectivity index (χ2n) is 24.5. The van der Waals surface area contributed by atoms with Crippen molar-refractivity contribution in [3.05, 3.63) is 184 Å². The van der Waals surface area contributed by atoms with Gasteiger partial charge in [0.25, 0.3) is 0 Å². The summed E-state index contributed by atoms with van der Waals surface area (Å²) in [5, 5.41) is 51.9. The number of carbonyl (C=O) groups excluding carboxylic acids is 3. The van der Waals surface area contributed by atoms with Crippen LogP contribution >= 0.6 is 0 Å². The third kappa shape index (κ3) is 9.99. The number of aromatic amines is 1. The van der Waals surface area contributed by atoms with Gasteiger partial charge in [-0.1, -0.05) is 91.0 Å². The molecule has 7 aliphatic rings. The first-order valence-electron chi connectivity index (χ1n) is 30.0. The third-order valence-electron chi connectivity index (χ3n) is 19.5. The number of phenols is 3. The molecule has 6 N–H and O–H groups in total. The summed E-state index contributed by atoms with van der Waals surface area (Å²) in [4.78, 5) is 47.9. The molecule has 2 spiro atoms. The van der Waals surface area contributed by atoms with Crippen LogP contribution in [0.3, 0.4) is 0 Å². The maximum Gasteiger partial charge on any atom is 0.302 e. The number of hydrogen-bond donors (Lipinski definition) is 6. The van der Waals surface area contributed by atoms with Crippen LogP contribution in [0, 0.1) is 28.6 Å². The van der Waals surface area contributed by atoms with Crippen LogP contribution in [0.2, 0.25) is 0 Å². The largest absolute Gasteiger partial charge is 0.508 e. The number of hydrogen-bond acceptors (Lipinski definition) is 12. The molecule has 5 aliphatic carbocycles. The predicted octanol–water partition coefficient (Wildman–Crippen LogP) is 13.0. The summed E-state index contributed by atoms with van der Waals surface area (Å²) in [7, 11) is 1.48. The summed E-state index contributed by atoms with van der Waals surface area (Å²) in [5.74, 6) is 7.19. The van der Waals surface area contributed by atoms with E-state index in [0.29, 0.717) is 44.3 Å². The summed E-state index contributed by atoms with van der Waals surface area (Å²) in [6.07, 6.45) is 26.7. The highest BCUT2D eigenvalue weighted by Crippen LogP contribution is 2.61. The van der Waals surface area contributed by atoms with Gasteiger partial charge in [-0.25, -0.2) is 0 Å².